The number of hydrogen-bond acceptors (Lipinski definition) is 5. The number of anilines is 1. The zero-order chi connectivity index (χ0) is 19.1. The minimum atomic E-state index is -0.0191. The first-order valence-electron chi connectivity index (χ1n) is 10.2. The molecular weight excluding hydrogens is 356 g/mol. The molecule has 1 atom stereocenters. The number of carbonyl (C=O) groups excluding carboxylic acids is 2. The molecule has 1 N–H and O–H groups in total. The lowest BCUT2D eigenvalue weighted by Crippen LogP contribution is -2.38. The van der Waals surface area contributed by atoms with Crippen molar-refractivity contribution in [1.82, 2.24) is 24.9 Å². The van der Waals surface area contributed by atoms with Crippen molar-refractivity contribution in [3.63, 3.8) is 0 Å². The number of aromatic nitrogens is 4. The number of nitrogens with one attached hydrogen (secondary N) is 1. The Kier molecular flexibility index (Phi) is 4.33. The third kappa shape index (κ3) is 3.63. The summed E-state index contributed by atoms with van der Waals surface area (Å²) in [4.78, 5) is 31.2. The molecule has 2 aliphatic carbocycles. The fraction of sp³-hybridized carbons (Fsp3) is 0.550. The average Bonchev–Trinajstić information content (AvgIpc) is 3.63. The summed E-state index contributed by atoms with van der Waals surface area (Å²) in [6.45, 7) is 1.40. The van der Waals surface area contributed by atoms with E-state index in [0.29, 0.717) is 23.8 Å². The van der Waals surface area contributed by atoms with Crippen LogP contribution in [-0.2, 0) is 11.3 Å². The minimum absolute atomic E-state index is 0.00574. The molecule has 0 radical (unpaired) electrons. The van der Waals surface area contributed by atoms with Crippen molar-refractivity contribution in [2.45, 2.75) is 57.0 Å². The van der Waals surface area contributed by atoms with Gasteiger partial charge in [0.05, 0.1) is 18.3 Å². The molecule has 0 spiro atoms. The number of nitrogens with zero attached hydrogens (tertiary/aromatic N) is 5. The van der Waals surface area contributed by atoms with Gasteiger partial charge in [-0.1, -0.05) is 5.21 Å². The smallest absolute Gasteiger partial charge is 0.254 e. The zero-order valence-corrected chi connectivity index (χ0v) is 15.8. The summed E-state index contributed by atoms with van der Waals surface area (Å²) < 4.78 is 1.87. The molecule has 2 saturated carbocycles. The molecule has 1 saturated heterocycles. The third-order valence-electron chi connectivity index (χ3n) is 5.79. The molecule has 2 aromatic heterocycles. The third-order valence-corrected chi connectivity index (χ3v) is 5.79. The van der Waals surface area contributed by atoms with E-state index in [2.05, 4.69) is 20.6 Å². The highest BCUT2D eigenvalue weighted by Gasteiger charge is 2.32. The zero-order valence-electron chi connectivity index (χ0n) is 15.8. The van der Waals surface area contributed by atoms with Crippen molar-refractivity contribution in [1.29, 1.82) is 0 Å². The first-order chi connectivity index (χ1) is 13.7. The van der Waals surface area contributed by atoms with Crippen LogP contribution in [0.4, 0.5) is 5.82 Å². The van der Waals surface area contributed by atoms with Gasteiger partial charge in [-0.3, -0.25) is 14.3 Å². The van der Waals surface area contributed by atoms with Crippen LogP contribution in [0.2, 0.25) is 0 Å². The van der Waals surface area contributed by atoms with Crippen LogP contribution in [0.5, 0.6) is 0 Å². The van der Waals surface area contributed by atoms with Gasteiger partial charge in [0.2, 0.25) is 5.91 Å². The monoisotopic (exact) mass is 380 g/mol. The van der Waals surface area contributed by atoms with Crippen LogP contribution >= 0.6 is 0 Å². The predicted molar refractivity (Wildman–Crippen MR) is 102 cm³/mol. The summed E-state index contributed by atoms with van der Waals surface area (Å²) in [5, 5.41) is 11.3. The average molecular weight is 380 g/mol. The largest absolute Gasteiger partial charge is 0.334 e. The second-order valence-corrected chi connectivity index (χ2v) is 8.13. The summed E-state index contributed by atoms with van der Waals surface area (Å²) in [6, 6.07) is 3.50. The van der Waals surface area contributed by atoms with E-state index in [1.807, 2.05) is 15.8 Å². The lowest BCUT2D eigenvalue weighted by atomic mass is 10.2. The lowest BCUT2D eigenvalue weighted by molar-refractivity contribution is -0.117. The molecule has 0 aromatic carbocycles. The van der Waals surface area contributed by atoms with E-state index >= 15 is 0 Å². The molecule has 2 aromatic rings. The number of hydrogen-bond donors (Lipinski definition) is 1. The van der Waals surface area contributed by atoms with Gasteiger partial charge in [0.25, 0.3) is 5.91 Å². The Bertz CT molecular complexity index is 902. The molecule has 3 heterocycles. The molecule has 8 nitrogen and oxygen atoms in total. The minimum Gasteiger partial charge on any atom is -0.334 e. The Labute approximate surface area is 163 Å². The highest BCUT2D eigenvalue weighted by atomic mass is 16.2. The topological polar surface area (TPSA) is 93.0 Å². The predicted octanol–water partition coefficient (Wildman–Crippen LogP) is 2.20. The highest BCUT2D eigenvalue weighted by Crippen LogP contribution is 2.38. The number of carbonyl (C=O) groups is 2. The highest BCUT2D eigenvalue weighted by molar-refractivity contribution is 5.97. The van der Waals surface area contributed by atoms with Crippen LogP contribution in [-0.4, -0.2) is 49.3 Å². The quantitative estimate of drug-likeness (QED) is 0.829. The van der Waals surface area contributed by atoms with Gasteiger partial charge in [0.15, 0.2) is 0 Å². The van der Waals surface area contributed by atoms with Crippen LogP contribution < -0.4 is 5.32 Å². The number of amides is 2. The van der Waals surface area contributed by atoms with Crippen molar-refractivity contribution in [2.75, 3.05) is 11.9 Å². The molecular formula is C20H24N6O2. The van der Waals surface area contributed by atoms with Crippen LogP contribution in [0.3, 0.4) is 0 Å². The molecule has 3 aliphatic rings. The maximum Gasteiger partial charge on any atom is 0.254 e. The molecule has 1 aliphatic heterocycles. The Balaban J connectivity index is 1.27. The maximum atomic E-state index is 13.1. The van der Waals surface area contributed by atoms with Crippen molar-refractivity contribution in [2.24, 2.45) is 5.92 Å². The van der Waals surface area contributed by atoms with Crippen LogP contribution in [0.1, 0.15) is 60.5 Å². The molecule has 3 fully saturated rings. The van der Waals surface area contributed by atoms with Crippen molar-refractivity contribution < 1.29 is 9.59 Å². The summed E-state index contributed by atoms with van der Waals surface area (Å²) in [7, 11) is 0. The SMILES string of the molecule is O=C(Nc1cc(C(=O)N2CCC[C@H]2Cn2cc(C3CC3)nn2)ccn1)C1CC1. The summed E-state index contributed by atoms with van der Waals surface area (Å²) >= 11 is 0. The van der Waals surface area contributed by atoms with Crippen LogP contribution in [0.25, 0.3) is 0 Å². The molecule has 2 amide bonds. The van der Waals surface area contributed by atoms with Gasteiger partial charge < -0.3 is 10.2 Å². The van der Waals surface area contributed by atoms with Gasteiger partial charge in [0.1, 0.15) is 5.82 Å². The summed E-state index contributed by atoms with van der Waals surface area (Å²) in [6.07, 6.45) is 9.83. The van der Waals surface area contributed by atoms with E-state index in [0.717, 1.165) is 37.9 Å². The Morgan fingerprint density at radius 1 is 1.18 bits per heavy atom. The number of pyridine rings is 1. The summed E-state index contributed by atoms with van der Waals surface area (Å²) in [5.41, 5.74) is 1.63. The fourth-order valence-electron chi connectivity index (χ4n) is 3.85. The standard InChI is InChI=1S/C20H24N6O2/c27-19(14-5-6-14)22-18-10-15(7-8-21-18)20(28)26-9-1-2-16(26)11-25-12-17(23-24-25)13-3-4-13/h7-8,10,12-14,16H,1-6,9,11H2,(H,21,22,27)/t16-/m0/s1. The summed E-state index contributed by atoms with van der Waals surface area (Å²) in [5.74, 6) is 1.11. The number of rotatable bonds is 6. The molecule has 5 rings (SSSR count). The van der Waals surface area contributed by atoms with E-state index < -0.39 is 0 Å². The Hall–Kier alpha value is -2.77. The molecule has 146 valence electrons. The Morgan fingerprint density at radius 3 is 2.82 bits per heavy atom. The first-order valence-corrected chi connectivity index (χ1v) is 10.2. The van der Waals surface area contributed by atoms with E-state index in [4.69, 9.17) is 0 Å². The first kappa shape index (κ1) is 17.3. The molecule has 0 bridgehead atoms. The maximum absolute atomic E-state index is 13.1. The molecule has 28 heavy (non-hydrogen) atoms. The van der Waals surface area contributed by atoms with E-state index in [-0.39, 0.29) is 23.8 Å². The van der Waals surface area contributed by atoms with Gasteiger partial charge >= 0.3 is 0 Å². The van der Waals surface area contributed by atoms with Gasteiger partial charge in [-0.15, -0.1) is 5.10 Å². The van der Waals surface area contributed by atoms with Crippen molar-refractivity contribution in [3.05, 3.63) is 35.8 Å². The normalized spacial score (nSPS) is 21.7. The molecule has 0 unspecified atom stereocenters. The van der Waals surface area contributed by atoms with Crippen molar-refractivity contribution >= 4 is 17.6 Å². The van der Waals surface area contributed by atoms with Gasteiger partial charge in [-0.25, -0.2) is 4.98 Å². The van der Waals surface area contributed by atoms with Crippen molar-refractivity contribution in [3.8, 4) is 0 Å². The van der Waals surface area contributed by atoms with Crippen LogP contribution in [0, 0.1) is 5.92 Å². The van der Waals surface area contributed by atoms with Gasteiger partial charge in [-0.2, -0.15) is 0 Å². The Morgan fingerprint density at radius 2 is 2.04 bits per heavy atom. The van der Waals surface area contributed by atoms with Gasteiger partial charge in [0, 0.05) is 36.3 Å². The molecule has 8 heteroatoms. The van der Waals surface area contributed by atoms with Gasteiger partial charge in [-0.05, 0) is 50.7 Å². The van der Waals surface area contributed by atoms with E-state index in [1.165, 1.54) is 12.8 Å². The fourth-order valence-corrected chi connectivity index (χ4v) is 3.85. The van der Waals surface area contributed by atoms with E-state index in [9.17, 15) is 9.59 Å². The second-order valence-electron chi connectivity index (χ2n) is 8.13. The van der Waals surface area contributed by atoms with Crippen LogP contribution in [0.15, 0.2) is 24.5 Å². The number of likely N-dealkylation sites (tertiary alicyclic amines) is 1. The van der Waals surface area contributed by atoms with E-state index in [1.54, 1.807) is 18.3 Å². The lowest BCUT2D eigenvalue weighted by Gasteiger charge is -2.24. The second kappa shape index (κ2) is 7.00.